The molecule has 4 aromatic heterocycles. The summed E-state index contributed by atoms with van der Waals surface area (Å²) in [4.78, 5) is 15.3. The van der Waals surface area contributed by atoms with Crippen LogP contribution in [0, 0.1) is 13.8 Å². The number of quaternary nitrogens is 1. The summed E-state index contributed by atoms with van der Waals surface area (Å²) in [7, 11) is 4.37. The molecule has 0 radical (unpaired) electrons. The van der Waals surface area contributed by atoms with Gasteiger partial charge >= 0.3 is 0 Å². The molecule has 134 valence electrons. The molecular formula is C19H24N7+. The second kappa shape index (κ2) is 6.49. The van der Waals surface area contributed by atoms with Crippen molar-refractivity contribution in [1.82, 2.24) is 29.1 Å². The van der Waals surface area contributed by atoms with Gasteiger partial charge in [-0.25, -0.2) is 14.5 Å². The number of pyridine rings is 1. The highest BCUT2D eigenvalue weighted by molar-refractivity contribution is 5.94. The van der Waals surface area contributed by atoms with Crippen LogP contribution in [0.25, 0.3) is 28.2 Å². The van der Waals surface area contributed by atoms with E-state index in [0.29, 0.717) is 5.82 Å². The van der Waals surface area contributed by atoms with Crippen molar-refractivity contribution in [3.05, 3.63) is 42.0 Å². The van der Waals surface area contributed by atoms with Crippen molar-refractivity contribution >= 4 is 16.7 Å². The fraction of sp³-hybridized carbons (Fsp3) is 0.368. The largest absolute Gasteiger partial charge is 0.340 e. The summed E-state index contributed by atoms with van der Waals surface area (Å²) >= 11 is 0. The summed E-state index contributed by atoms with van der Waals surface area (Å²) in [6.07, 6.45) is 4.63. The van der Waals surface area contributed by atoms with Gasteiger partial charge in [-0.3, -0.25) is 4.98 Å². The van der Waals surface area contributed by atoms with Gasteiger partial charge in [0, 0.05) is 24.9 Å². The maximum atomic E-state index is 4.77. The maximum Gasteiger partial charge on any atom is 0.200 e. The van der Waals surface area contributed by atoms with Gasteiger partial charge in [0.2, 0.25) is 5.82 Å². The van der Waals surface area contributed by atoms with E-state index in [1.54, 1.807) is 17.0 Å². The van der Waals surface area contributed by atoms with Gasteiger partial charge in [0.1, 0.15) is 17.7 Å². The first-order valence-electron chi connectivity index (χ1n) is 8.97. The van der Waals surface area contributed by atoms with Gasteiger partial charge in [0.25, 0.3) is 0 Å². The third kappa shape index (κ3) is 2.74. The third-order valence-corrected chi connectivity index (χ3v) is 4.90. The smallest absolute Gasteiger partial charge is 0.200 e. The Labute approximate surface area is 152 Å². The van der Waals surface area contributed by atoms with E-state index in [9.17, 15) is 0 Å². The second-order valence-electron chi connectivity index (χ2n) is 7.03. The zero-order valence-electron chi connectivity index (χ0n) is 15.7. The number of aryl methyl sites for hydroxylation is 2. The Morgan fingerprint density at radius 3 is 2.65 bits per heavy atom. The predicted molar refractivity (Wildman–Crippen MR) is 101 cm³/mol. The molecule has 0 aliphatic rings. The molecular weight excluding hydrogens is 326 g/mol. The standard InChI is InChI=1S/C19H23N7/c1-13-14(2)25(11-7-10-24(3)4)18-16(13)19-22-17(23-26(19)12-21-18)15-8-5-6-9-20-15/h5-6,8-9,12H,7,10-11H2,1-4H3/p+1. The molecule has 0 amide bonds. The van der Waals surface area contributed by atoms with Crippen molar-refractivity contribution < 1.29 is 4.90 Å². The van der Waals surface area contributed by atoms with Gasteiger partial charge in [0.15, 0.2) is 5.65 Å². The number of aromatic nitrogens is 6. The van der Waals surface area contributed by atoms with Crippen molar-refractivity contribution in [1.29, 1.82) is 0 Å². The van der Waals surface area contributed by atoms with Crippen LogP contribution >= 0.6 is 0 Å². The lowest BCUT2D eigenvalue weighted by atomic mass is 10.2. The highest BCUT2D eigenvalue weighted by atomic mass is 15.3. The summed E-state index contributed by atoms with van der Waals surface area (Å²) in [6, 6.07) is 5.76. The highest BCUT2D eigenvalue weighted by Crippen LogP contribution is 2.27. The number of hydrogen-bond acceptors (Lipinski definition) is 4. The van der Waals surface area contributed by atoms with Gasteiger partial charge in [0.05, 0.1) is 26.0 Å². The minimum atomic E-state index is 0.626. The Hall–Kier alpha value is -2.80. The van der Waals surface area contributed by atoms with Crippen LogP contribution in [0.15, 0.2) is 30.7 Å². The van der Waals surface area contributed by atoms with Gasteiger partial charge in [-0.15, -0.1) is 5.10 Å². The Bertz CT molecular complexity index is 1060. The zero-order valence-corrected chi connectivity index (χ0v) is 15.7. The summed E-state index contributed by atoms with van der Waals surface area (Å²) < 4.78 is 4.07. The van der Waals surface area contributed by atoms with E-state index in [4.69, 9.17) is 9.97 Å². The van der Waals surface area contributed by atoms with Crippen molar-refractivity contribution in [2.75, 3.05) is 20.6 Å². The minimum Gasteiger partial charge on any atom is -0.340 e. The van der Waals surface area contributed by atoms with E-state index in [-0.39, 0.29) is 0 Å². The second-order valence-corrected chi connectivity index (χ2v) is 7.03. The monoisotopic (exact) mass is 350 g/mol. The Morgan fingerprint density at radius 1 is 1.08 bits per heavy atom. The quantitative estimate of drug-likeness (QED) is 0.589. The molecule has 0 atom stereocenters. The van der Waals surface area contributed by atoms with E-state index in [1.807, 2.05) is 18.2 Å². The van der Waals surface area contributed by atoms with Crippen LogP contribution in [0.2, 0.25) is 0 Å². The first-order chi connectivity index (χ1) is 12.6. The van der Waals surface area contributed by atoms with Crippen LogP contribution in [-0.4, -0.2) is 49.8 Å². The summed E-state index contributed by atoms with van der Waals surface area (Å²) in [5.74, 6) is 0.626. The number of hydrogen-bond donors (Lipinski definition) is 1. The highest BCUT2D eigenvalue weighted by Gasteiger charge is 2.18. The molecule has 26 heavy (non-hydrogen) atoms. The molecule has 0 bridgehead atoms. The lowest BCUT2D eigenvalue weighted by Crippen LogP contribution is -3.05. The first-order valence-corrected chi connectivity index (χ1v) is 8.97. The van der Waals surface area contributed by atoms with Crippen LogP contribution in [0.5, 0.6) is 0 Å². The predicted octanol–water partition coefficient (Wildman–Crippen LogP) is 1.29. The lowest BCUT2D eigenvalue weighted by Gasteiger charge is -2.10. The van der Waals surface area contributed by atoms with E-state index in [1.165, 1.54) is 16.2 Å². The third-order valence-electron chi connectivity index (χ3n) is 4.90. The molecule has 0 fully saturated rings. The zero-order chi connectivity index (χ0) is 18.3. The Kier molecular flexibility index (Phi) is 4.16. The molecule has 0 aliphatic heterocycles. The molecule has 0 aliphatic carbocycles. The average Bonchev–Trinajstić information content (AvgIpc) is 3.17. The molecule has 4 heterocycles. The normalized spacial score (nSPS) is 11.9. The molecule has 0 saturated carbocycles. The minimum absolute atomic E-state index is 0.626. The van der Waals surface area contributed by atoms with Gasteiger partial charge in [-0.1, -0.05) is 6.07 Å². The maximum absolute atomic E-state index is 4.77. The molecule has 7 nitrogen and oxygen atoms in total. The van der Waals surface area contributed by atoms with Crippen LogP contribution in [0.1, 0.15) is 17.7 Å². The van der Waals surface area contributed by atoms with Crippen LogP contribution in [0.4, 0.5) is 0 Å². The van der Waals surface area contributed by atoms with Crippen molar-refractivity contribution in [2.24, 2.45) is 0 Å². The molecule has 4 aromatic rings. The molecule has 0 saturated heterocycles. The summed E-state index contributed by atoms with van der Waals surface area (Å²) in [6.45, 7) is 6.40. The number of fused-ring (bicyclic) bond motifs is 3. The summed E-state index contributed by atoms with van der Waals surface area (Å²) in [5, 5.41) is 5.65. The number of nitrogens with zero attached hydrogens (tertiary/aromatic N) is 6. The molecule has 4 rings (SSSR count). The Balaban J connectivity index is 1.84. The van der Waals surface area contributed by atoms with Crippen molar-refractivity contribution in [3.63, 3.8) is 0 Å². The SMILES string of the molecule is Cc1c(C)n(CCC[NH+](C)C)c2ncn3nc(-c4ccccn4)nc3c12. The van der Waals surface area contributed by atoms with Gasteiger partial charge < -0.3 is 9.47 Å². The molecule has 1 N–H and O–H groups in total. The topological polar surface area (TPSA) is 65.3 Å². The number of nitrogens with one attached hydrogen (secondary N) is 1. The summed E-state index contributed by atoms with van der Waals surface area (Å²) in [5.41, 5.74) is 5.06. The van der Waals surface area contributed by atoms with Crippen LogP contribution in [-0.2, 0) is 6.54 Å². The van der Waals surface area contributed by atoms with E-state index in [0.717, 1.165) is 41.9 Å². The first kappa shape index (κ1) is 16.7. The fourth-order valence-electron chi connectivity index (χ4n) is 3.40. The molecule has 0 aromatic carbocycles. The number of rotatable bonds is 5. The molecule has 0 unspecified atom stereocenters. The fourth-order valence-corrected chi connectivity index (χ4v) is 3.40. The van der Waals surface area contributed by atoms with Gasteiger partial charge in [-0.05, 0) is 31.5 Å². The Morgan fingerprint density at radius 2 is 1.92 bits per heavy atom. The van der Waals surface area contributed by atoms with E-state index < -0.39 is 0 Å². The van der Waals surface area contributed by atoms with Crippen LogP contribution in [0.3, 0.4) is 0 Å². The van der Waals surface area contributed by atoms with E-state index in [2.05, 4.69) is 42.6 Å². The lowest BCUT2D eigenvalue weighted by molar-refractivity contribution is -0.858. The van der Waals surface area contributed by atoms with Crippen LogP contribution < -0.4 is 4.90 Å². The van der Waals surface area contributed by atoms with E-state index >= 15 is 0 Å². The molecule has 0 spiro atoms. The van der Waals surface area contributed by atoms with Crippen molar-refractivity contribution in [3.8, 4) is 11.5 Å². The van der Waals surface area contributed by atoms with Gasteiger partial charge in [-0.2, -0.15) is 0 Å². The van der Waals surface area contributed by atoms with Crippen molar-refractivity contribution in [2.45, 2.75) is 26.8 Å². The molecule has 7 heteroatoms. The average molecular weight is 350 g/mol.